The minimum atomic E-state index is -0.572. The Bertz CT molecular complexity index is 519. The lowest BCUT2D eigenvalue weighted by Gasteiger charge is -2.24. The van der Waals surface area contributed by atoms with E-state index in [0.717, 1.165) is 19.4 Å². The van der Waals surface area contributed by atoms with Crippen molar-refractivity contribution in [3.63, 3.8) is 0 Å². The molecule has 23 heavy (non-hydrogen) atoms. The maximum absolute atomic E-state index is 9.83. The van der Waals surface area contributed by atoms with Gasteiger partial charge in [-0.25, -0.2) is 0 Å². The molecular formula is C20H32N2O. The lowest BCUT2D eigenvalue weighted by atomic mass is 9.86. The Morgan fingerprint density at radius 2 is 1.70 bits per heavy atom. The molecule has 128 valence electrons. The van der Waals surface area contributed by atoms with E-state index in [2.05, 4.69) is 41.1 Å². The lowest BCUT2D eigenvalue weighted by molar-refractivity contribution is 0.0714. The standard InChI is InChI=1S/C20H32N2O/c1-19(2,23)9-8-17-4-6-18(7-5-17)14-22-13-11-20(16-22)10-12-21(3)15-20/h4-7,23H,8-16H2,1-3H3. The van der Waals surface area contributed by atoms with Crippen LogP contribution in [0.4, 0.5) is 0 Å². The topological polar surface area (TPSA) is 26.7 Å². The average molecular weight is 316 g/mol. The van der Waals surface area contributed by atoms with Gasteiger partial charge in [-0.2, -0.15) is 0 Å². The summed E-state index contributed by atoms with van der Waals surface area (Å²) in [5, 5.41) is 9.83. The van der Waals surface area contributed by atoms with Gasteiger partial charge in [-0.05, 0) is 76.2 Å². The van der Waals surface area contributed by atoms with Crippen LogP contribution in [0.25, 0.3) is 0 Å². The third-order valence-corrected chi connectivity index (χ3v) is 5.60. The average Bonchev–Trinajstić information content (AvgIpc) is 3.04. The Morgan fingerprint density at radius 3 is 2.30 bits per heavy atom. The van der Waals surface area contributed by atoms with Crippen LogP contribution in [0.5, 0.6) is 0 Å². The van der Waals surface area contributed by atoms with Crippen molar-refractivity contribution in [3.05, 3.63) is 35.4 Å². The van der Waals surface area contributed by atoms with Gasteiger partial charge in [0.2, 0.25) is 0 Å². The highest BCUT2D eigenvalue weighted by Crippen LogP contribution is 2.39. The molecule has 0 aromatic heterocycles. The predicted molar refractivity (Wildman–Crippen MR) is 95.5 cm³/mol. The van der Waals surface area contributed by atoms with Crippen LogP contribution in [-0.4, -0.2) is 53.7 Å². The van der Waals surface area contributed by atoms with Gasteiger partial charge < -0.3 is 10.0 Å². The van der Waals surface area contributed by atoms with Gasteiger partial charge in [-0.1, -0.05) is 24.3 Å². The number of hydrogen-bond acceptors (Lipinski definition) is 3. The van der Waals surface area contributed by atoms with Gasteiger partial charge in [-0.15, -0.1) is 0 Å². The van der Waals surface area contributed by atoms with Crippen LogP contribution in [0, 0.1) is 5.41 Å². The van der Waals surface area contributed by atoms with Gasteiger partial charge in [0.15, 0.2) is 0 Å². The summed E-state index contributed by atoms with van der Waals surface area (Å²) in [7, 11) is 2.25. The minimum Gasteiger partial charge on any atom is -0.390 e. The Kier molecular flexibility index (Phi) is 4.82. The van der Waals surface area contributed by atoms with E-state index in [1.165, 1.54) is 50.1 Å². The van der Waals surface area contributed by atoms with Gasteiger partial charge in [-0.3, -0.25) is 4.90 Å². The molecule has 0 radical (unpaired) electrons. The third kappa shape index (κ3) is 4.56. The van der Waals surface area contributed by atoms with E-state index in [-0.39, 0.29) is 0 Å². The van der Waals surface area contributed by atoms with Crippen LogP contribution < -0.4 is 0 Å². The van der Waals surface area contributed by atoms with Crippen molar-refractivity contribution in [1.29, 1.82) is 0 Å². The first-order valence-corrected chi connectivity index (χ1v) is 9.05. The molecule has 2 fully saturated rings. The maximum atomic E-state index is 9.83. The molecule has 2 aliphatic rings. The Morgan fingerprint density at radius 1 is 1.04 bits per heavy atom. The highest BCUT2D eigenvalue weighted by Gasteiger charge is 2.42. The molecule has 0 saturated carbocycles. The molecule has 0 aliphatic carbocycles. The second-order valence-electron chi connectivity index (χ2n) is 8.58. The lowest BCUT2D eigenvalue weighted by Crippen LogP contribution is -2.29. The molecule has 1 unspecified atom stereocenters. The van der Waals surface area contributed by atoms with Crippen LogP contribution in [0.2, 0.25) is 0 Å². The third-order valence-electron chi connectivity index (χ3n) is 5.60. The zero-order valence-corrected chi connectivity index (χ0v) is 15.0. The van der Waals surface area contributed by atoms with Crippen molar-refractivity contribution in [2.75, 3.05) is 33.2 Å². The van der Waals surface area contributed by atoms with Crippen molar-refractivity contribution in [2.24, 2.45) is 5.41 Å². The van der Waals surface area contributed by atoms with E-state index in [1.807, 2.05) is 13.8 Å². The molecule has 1 aromatic rings. The molecule has 1 spiro atoms. The Balaban J connectivity index is 1.51. The summed E-state index contributed by atoms with van der Waals surface area (Å²) in [5.41, 5.74) is 2.74. The van der Waals surface area contributed by atoms with Gasteiger partial charge in [0.1, 0.15) is 0 Å². The van der Waals surface area contributed by atoms with Crippen molar-refractivity contribution in [1.82, 2.24) is 9.80 Å². The van der Waals surface area contributed by atoms with Crippen molar-refractivity contribution >= 4 is 0 Å². The second-order valence-corrected chi connectivity index (χ2v) is 8.58. The summed E-state index contributed by atoms with van der Waals surface area (Å²) in [6, 6.07) is 9.00. The van der Waals surface area contributed by atoms with E-state index in [1.54, 1.807) is 0 Å². The van der Waals surface area contributed by atoms with E-state index < -0.39 is 5.60 Å². The molecule has 3 rings (SSSR count). The van der Waals surface area contributed by atoms with Crippen LogP contribution in [0.1, 0.15) is 44.2 Å². The fraction of sp³-hybridized carbons (Fsp3) is 0.700. The van der Waals surface area contributed by atoms with Crippen molar-refractivity contribution in [2.45, 2.75) is 51.7 Å². The number of likely N-dealkylation sites (tertiary alicyclic amines) is 2. The summed E-state index contributed by atoms with van der Waals surface area (Å²) in [5.74, 6) is 0. The molecule has 0 bridgehead atoms. The number of aliphatic hydroxyl groups is 1. The van der Waals surface area contributed by atoms with Crippen LogP contribution >= 0.6 is 0 Å². The largest absolute Gasteiger partial charge is 0.390 e. The first-order chi connectivity index (χ1) is 10.8. The fourth-order valence-electron chi connectivity index (χ4n) is 4.17. The minimum absolute atomic E-state index is 0.571. The molecular weight excluding hydrogens is 284 g/mol. The van der Waals surface area contributed by atoms with E-state index in [4.69, 9.17) is 0 Å². The summed E-state index contributed by atoms with van der Waals surface area (Å²) in [4.78, 5) is 5.12. The molecule has 1 aromatic carbocycles. The molecule has 3 nitrogen and oxygen atoms in total. The summed E-state index contributed by atoms with van der Waals surface area (Å²) >= 11 is 0. The second kappa shape index (κ2) is 6.54. The smallest absolute Gasteiger partial charge is 0.0594 e. The van der Waals surface area contributed by atoms with Gasteiger partial charge in [0, 0.05) is 19.6 Å². The molecule has 2 heterocycles. The number of benzene rings is 1. The fourth-order valence-corrected chi connectivity index (χ4v) is 4.17. The normalized spacial score (nSPS) is 26.4. The van der Waals surface area contributed by atoms with Crippen LogP contribution in [-0.2, 0) is 13.0 Å². The number of aryl methyl sites for hydroxylation is 1. The molecule has 0 amide bonds. The highest BCUT2D eigenvalue weighted by atomic mass is 16.3. The van der Waals surface area contributed by atoms with Crippen molar-refractivity contribution < 1.29 is 5.11 Å². The molecule has 1 N–H and O–H groups in total. The van der Waals surface area contributed by atoms with Crippen LogP contribution in [0.3, 0.4) is 0 Å². The van der Waals surface area contributed by atoms with Crippen LogP contribution in [0.15, 0.2) is 24.3 Å². The first-order valence-electron chi connectivity index (χ1n) is 9.05. The van der Waals surface area contributed by atoms with Gasteiger partial charge in [0.25, 0.3) is 0 Å². The SMILES string of the molecule is CN1CCC2(CCN(Cc3ccc(CCC(C)(C)O)cc3)C2)C1. The molecule has 1 atom stereocenters. The monoisotopic (exact) mass is 316 g/mol. The summed E-state index contributed by atoms with van der Waals surface area (Å²) < 4.78 is 0. The highest BCUT2D eigenvalue weighted by molar-refractivity contribution is 5.23. The first kappa shape index (κ1) is 16.9. The number of rotatable bonds is 5. The van der Waals surface area contributed by atoms with E-state index in [0.29, 0.717) is 5.41 Å². The molecule has 3 heteroatoms. The zero-order valence-electron chi connectivity index (χ0n) is 15.0. The van der Waals surface area contributed by atoms with E-state index in [9.17, 15) is 5.11 Å². The quantitative estimate of drug-likeness (QED) is 0.905. The molecule has 2 saturated heterocycles. The van der Waals surface area contributed by atoms with Gasteiger partial charge in [0.05, 0.1) is 5.60 Å². The Labute approximate surface area is 141 Å². The number of hydrogen-bond donors (Lipinski definition) is 1. The maximum Gasteiger partial charge on any atom is 0.0594 e. The Hall–Kier alpha value is -0.900. The van der Waals surface area contributed by atoms with Gasteiger partial charge >= 0.3 is 0 Å². The van der Waals surface area contributed by atoms with Crippen molar-refractivity contribution in [3.8, 4) is 0 Å². The molecule has 2 aliphatic heterocycles. The summed E-state index contributed by atoms with van der Waals surface area (Å²) in [6.45, 7) is 9.89. The zero-order chi connectivity index (χ0) is 16.5. The predicted octanol–water partition coefficient (Wildman–Crippen LogP) is 2.92. The number of nitrogens with zero attached hydrogens (tertiary/aromatic N) is 2. The summed E-state index contributed by atoms with van der Waals surface area (Å²) in [6.07, 6.45) is 4.49. The van der Waals surface area contributed by atoms with E-state index >= 15 is 0 Å².